The van der Waals surface area contributed by atoms with Gasteiger partial charge in [0.05, 0.1) is 0 Å². The number of rotatable bonds is 1. The summed E-state index contributed by atoms with van der Waals surface area (Å²) >= 11 is 0. The Bertz CT molecular complexity index is 580. The van der Waals surface area contributed by atoms with Crippen LogP contribution in [0.5, 0.6) is 0 Å². The minimum absolute atomic E-state index is 0.243. The summed E-state index contributed by atoms with van der Waals surface area (Å²) < 4.78 is 0. The van der Waals surface area contributed by atoms with Crippen LogP contribution in [0.25, 0.3) is 0 Å². The van der Waals surface area contributed by atoms with Crippen LogP contribution >= 0.6 is 0 Å². The molecule has 4 nitrogen and oxygen atoms in total. The van der Waals surface area contributed by atoms with Crippen molar-refractivity contribution < 1.29 is 0 Å². The van der Waals surface area contributed by atoms with E-state index in [0.29, 0.717) is 11.7 Å². The van der Waals surface area contributed by atoms with Crippen molar-refractivity contribution in [2.24, 2.45) is 0 Å². The number of nitrogens with two attached hydrogens (primary N) is 2. The van der Waals surface area contributed by atoms with E-state index in [-0.39, 0.29) is 5.95 Å². The Morgan fingerprint density at radius 2 is 1.89 bits per heavy atom. The smallest absolute Gasteiger partial charge is 0.221 e. The highest BCUT2D eigenvalue weighted by Crippen LogP contribution is 2.34. The van der Waals surface area contributed by atoms with Crippen molar-refractivity contribution in [3.05, 3.63) is 47.2 Å². The van der Waals surface area contributed by atoms with Gasteiger partial charge in [-0.3, -0.25) is 0 Å². The third kappa shape index (κ3) is 1.90. The maximum atomic E-state index is 5.94. The summed E-state index contributed by atoms with van der Waals surface area (Å²) in [5.41, 5.74) is 15.4. The van der Waals surface area contributed by atoms with E-state index < -0.39 is 0 Å². The van der Waals surface area contributed by atoms with Crippen LogP contribution in [0, 0.1) is 0 Å². The average Bonchev–Trinajstić information content (AvgIpc) is 2.38. The Hall–Kier alpha value is -2.10. The van der Waals surface area contributed by atoms with Gasteiger partial charge >= 0.3 is 0 Å². The Labute approximate surface area is 106 Å². The van der Waals surface area contributed by atoms with Gasteiger partial charge in [0, 0.05) is 11.8 Å². The topological polar surface area (TPSA) is 77.8 Å². The minimum atomic E-state index is 0.243. The molecule has 0 amide bonds. The molecule has 92 valence electrons. The molecule has 2 aromatic rings. The molecule has 4 heteroatoms. The molecule has 1 aliphatic carbocycles. The molecule has 1 aromatic carbocycles. The average molecular weight is 240 g/mol. The van der Waals surface area contributed by atoms with Crippen LogP contribution in [-0.2, 0) is 12.8 Å². The fourth-order valence-corrected chi connectivity index (χ4v) is 2.70. The first-order valence-electron chi connectivity index (χ1n) is 6.18. The first kappa shape index (κ1) is 11.0. The molecule has 1 atom stereocenters. The van der Waals surface area contributed by atoms with Gasteiger partial charge in [-0.05, 0) is 36.3 Å². The lowest BCUT2D eigenvalue weighted by Crippen LogP contribution is -2.15. The third-order valence-corrected chi connectivity index (χ3v) is 3.65. The predicted octanol–water partition coefficient (Wildman–Crippen LogP) is 1.91. The normalized spacial score (nSPS) is 18.3. The van der Waals surface area contributed by atoms with Gasteiger partial charge in [-0.2, -0.15) is 4.98 Å². The molecule has 0 spiro atoms. The van der Waals surface area contributed by atoms with E-state index in [1.807, 2.05) is 0 Å². The number of anilines is 2. The highest BCUT2D eigenvalue weighted by molar-refractivity contribution is 5.45. The maximum Gasteiger partial charge on any atom is 0.221 e. The lowest BCUT2D eigenvalue weighted by Gasteiger charge is -2.25. The van der Waals surface area contributed by atoms with E-state index in [1.54, 1.807) is 6.20 Å². The number of nitrogen functional groups attached to an aromatic ring is 2. The lowest BCUT2D eigenvalue weighted by atomic mass is 9.81. The standard InChI is InChI=1S/C14H16N4/c15-13-12(8-17-14(16)18-13)11-6-5-9-3-1-2-4-10(9)7-11/h1-4,8,11H,5-7H2,(H4,15,16,17,18)/t11-/m0/s1. The molecule has 0 unspecified atom stereocenters. The molecule has 0 saturated carbocycles. The van der Waals surface area contributed by atoms with Crippen LogP contribution in [0.1, 0.15) is 29.0 Å². The maximum absolute atomic E-state index is 5.94. The van der Waals surface area contributed by atoms with E-state index in [1.165, 1.54) is 11.1 Å². The van der Waals surface area contributed by atoms with E-state index in [2.05, 4.69) is 34.2 Å². The summed E-state index contributed by atoms with van der Waals surface area (Å²) in [6, 6.07) is 8.58. The SMILES string of the molecule is Nc1ncc([C@H]2CCc3ccccc3C2)c(N)n1. The Morgan fingerprint density at radius 3 is 2.67 bits per heavy atom. The van der Waals surface area contributed by atoms with Crippen molar-refractivity contribution in [2.75, 3.05) is 11.5 Å². The zero-order valence-corrected chi connectivity index (χ0v) is 10.1. The van der Waals surface area contributed by atoms with Crippen molar-refractivity contribution in [2.45, 2.75) is 25.2 Å². The van der Waals surface area contributed by atoms with Crippen LogP contribution in [0.3, 0.4) is 0 Å². The second kappa shape index (κ2) is 4.29. The molecule has 0 fully saturated rings. The van der Waals surface area contributed by atoms with Crippen molar-refractivity contribution >= 4 is 11.8 Å². The van der Waals surface area contributed by atoms with Crippen LogP contribution in [0.2, 0.25) is 0 Å². The van der Waals surface area contributed by atoms with Gasteiger partial charge in [0.25, 0.3) is 0 Å². The van der Waals surface area contributed by atoms with E-state index in [9.17, 15) is 0 Å². The van der Waals surface area contributed by atoms with Gasteiger partial charge in [0.1, 0.15) is 5.82 Å². The molecular formula is C14H16N4. The number of hydrogen-bond donors (Lipinski definition) is 2. The Balaban J connectivity index is 1.92. The summed E-state index contributed by atoms with van der Waals surface area (Å²) in [6.45, 7) is 0. The summed E-state index contributed by atoms with van der Waals surface area (Å²) in [6.07, 6.45) is 4.96. The van der Waals surface area contributed by atoms with Crippen molar-refractivity contribution in [1.82, 2.24) is 9.97 Å². The van der Waals surface area contributed by atoms with E-state index in [4.69, 9.17) is 11.5 Å². The number of fused-ring (bicyclic) bond motifs is 1. The first-order valence-corrected chi connectivity index (χ1v) is 6.18. The summed E-state index contributed by atoms with van der Waals surface area (Å²) in [5, 5.41) is 0. The molecule has 3 rings (SSSR count). The molecule has 18 heavy (non-hydrogen) atoms. The predicted molar refractivity (Wildman–Crippen MR) is 72.1 cm³/mol. The molecule has 1 aliphatic rings. The molecule has 0 bridgehead atoms. The third-order valence-electron chi connectivity index (χ3n) is 3.65. The summed E-state index contributed by atoms with van der Waals surface area (Å²) in [7, 11) is 0. The van der Waals surface area contributed by atoms with Gasteiger partial charge in [0.2, 0.25) is 5.95 Å². The van der Waals surface area contributed by atoms with Gasteiger partial charge in [-0.1, -0.05) is 24.3 Å². The zero-order valence-electron chi connectivity index (χ0n) is 10.1. The zero-order chi connectivity index (χ0) is 12.5. The van der Waals surface area contributed by atoms with E-state index in [0.717, 1.165) is 24.8 Å². The van der Waals surface area contributed by atoms with Crippen LogP contribution in [0.4, 0.5) is 11.8 Å². The Morgan fingerprint density at radius 1 is 1.11 bits per heavy atom. The van der Waals surface area contributed by atoms with Crippen molar-refractivity contribution in [3.8, 4) is 0 Å². The fraction of sp³-hybridized carbons (Fsp3) is 0.286. The van der Waals surface area contributed by atoms with E-state index >= 15 is 0 Å². The number of aryl methyl sites for hydroxylation is 1. The van der Waals surface area contributed by atoms with Gasteiger partial charge < -0.3 is 11.5 Å². The molecular weight excluding hydrogens is 224 g/mol. The van der Waals surface area contributed by atoms with Crippen molar-refractivity contribution in [1.29, 1.82) is 0 Å². The van der Waals surface area contributed by atoms with Gasteiger partial charge in [-0.15, -0.1) is 0 Å². The minimum Gasteiger partial charge on any atom is -0.383 e. The highest BCUT2D eigenvalue weighted by Gasteiger charge is 2.22. The van der Waals surface area contributed by atoms with Crippen LogP contribution in [-0.4, -0.2) is 9.97 Å². The fourth-order valence-electron chi connectivity index (χ4n) is 2.70. The number of nitrogens with zero attached hydrogens (tertiary/aromatic N) is 2. The number of hydrogen-bond acceptors (Lipinski definition) is 4. The van der Waals surface area contributed by atoms with Gasteiger partial charge in [0.15, 0.2) is 0 Å². The van der Waals surface area contributed by atoms with Crippen molar-refractivity contribution in [3.63, 3.8) is 0 Å². The van der Waals surface area contributed by atoms with Crippen LogP contribution < -0.4 is 11.5 Å². The molecule has 0 aliphatic heterocycles. The monoisotopic (exact) mass is 240 g/mol. The molecule has 1 aromatic heterocycles. The second-order valence-electron chi connectivity index (χ2n) is 4.78. The number of aromatic nitrogens is 2. The van der Waals surface area contributed by atoms with Gasteiger partial charge in [-0.25, -0.2) is 4.98 Å². The molecule has 4 N–H and O–H groups in total. The lowest BCUT2D eigenvalue weighted by molar-refractivity contribution is 0.583. The molecule has 1 heterocycles. The molecule has 0 radical (unpaired) electrons. The largest absolute Gasteiger partial charge is 0.383 e. The molecule has 0 saturated heterocycles. The summed E-state index contributed by atoms with van der Waals surface area (Å²) in [4.78, 5) is 8.11. The quantitative estimate of drug-likeness (QED) is 0.798. The highest BCUT2D eigenvalue weighted by atomic mass is 15.0. The number of benzene rings is 1. The van der Waals surface area contributed by atoms with Crippen LogP contribution in [0.15, 0.2) is 30.5 Å². The first-order chi connectivity index (χ1) is 8.74. The second-order valence-corrected chi connectivity index (χ2v) is 4.78. The Kier molecular flexibility index (Phi) is 2.63. The summed E-state index contributed by atoms with van der Waals surface area (Å²) in [5.74, 6) is 1.17.